The fourth-order valence-electron chi connectivity index (χ4n) is 1.66. The molecule has 1 aromatic heterocycles. The van der Waals surface area contributed by atoms with Crippen LogP contribution in [-0.4, -0.2) is 16.9 Å². The van der Waals surface area contributed by atoms with E-state index in [0.29, 0.717) is 28.6 Å². The average molecular weight is 243 g/mol. The molecule has 18 heavy (non-hydrogen) atoms. The topological polar surface area (TPSA) is 60.1 Å². The highest BCUT2D eigenvalue weighted by Crippen LogP contribution is 2.28. The van der Waals surface area contributed by atoms with E-state index in [2.05, 4.69) is 11.2 Å². The molecule has 0 unspecified atom stereocenters. The van der Waals surface area contributed by atoms with Crippen LogP contribution in [0.25, 0.3) is 0 Å². The van der Waals surface area contributed by atoms with E-state index in [9.17, 15) is 0 Å². The van der Waals surface area contributed by atoms with Crippen LogP contribution in [0.4, 0.5) is 0 Å². The Morgan fingerprint density at radius 3 is 2.72 bits per heavy atom. The third kappa shape index (κ3) is 2.13. The number of nitrogens with zero attached hydrogens (tertiary/aromatic N) is 3. The molecule has 5 heteroatoms. The van der Waals surface area contributed by atoms with Gasteiger partial charge >= 0.3 is 0 Å². The Balaban J connectivity index is 2.37. The molecule has 0 spiro atoms. The van der Waals surface area contributed by atoms with E-state index < -0.39 is 0 Å². The summed E-state index contributed by atoms with van der Waals surface area (Å²) >= 11 is 0. The lowest BCUT2D eigenvalue weighted by molar-refractivity contribution is 0.401. The minimum absolute atomic E-state index is 0.434. The summed E-state index contributed by atoms with van der Waals surface area (Å²) in [5, 5.41) is 13.2. The molecular weight excluding hydrogens is 230 g/mol. The van der Waals surface area contributed by atoms with Gasteiger partial charge in [-0.1, -0.05) is 6.07 Å². The van der Waals surface area contributed by atoms with Crippen molar-refractivity contribution in [2.45, 2.75) is 6.92 Å². The van der Waals surface area contributed by atoms with Gasteiger partial charge in [0.05, 0.1) is 12.8 Å². The molecule has 0 N–H and O–H groups in total. The van der Waals surface area contributed by atoms with Crippen molar-refractivity contribution in [3.63, 3.8) is 0 Å². The zero-order valence-corrected chi connectivity index (χ0v) is 10.5. The number of aromatic nitrogens is 2. The average Bonchev–Trinajstić information content (AvgIpc) is 2.64. The van der Waals surface area contributed by atoms with Gasteiger partial charge in [0, 0.05) is 13.1 Å². The predicted molar refractivity (Wildman–Crippen MR) is 65.7 cm³/mol. The molecule has 0 saturated carbocycles. The number of rotatable bonds is 3. The van der Waals surface area contributed by atoms with Crippen LogP contribution >= 0.6 is 0 Å². The first-order valence-electron chi connectivity index (χ1n) is 5.41. The Kier molecular flexibility index (Phi) is 3.20. The van der Waals surface area contributed by atoms with Crippen molar-refractivity contribution in [3.05, 3.63) is 35.5 Å². The predicted octanol–water partition coefficient (Wildman–Crippen LogP) is 2.40. The molecular formula is C13H13N3O2. The summed E-state index contributed by atoms with van der Waals surface area (Å²) < 4.78 is 12.4. The van der Waals surface area contributed by atoms with Gasteiger partial charge in [-0.15, -0.1) is 0 Å². The largest absolute Gasteiger partial charge is 0.497 e. The molecule has 1 heterocycles. The van der Waals surface area contributed by atoms with Crippen molar-refractivity contribution < 1.29 is 9.47 Å². The van der Waals surface area contributed by atoms with Crippen molar-refractivity contribution in [1.82, 2.24) is 9.78 Å². The molecule has 5 nitrogen and oxygen atoms in total. The summed E-state index contributed by atoms with van der Waals surface area (Å²) in [6.45, 7) is 1.77. The zero-order valence-electron chi connectivity index (χ0n) is 10.5. The highest BCUT2D eigenvalue weighted by atomic mass is 16.5. The molecule has 0 saturated heterocycles. The fourth-order valence-corrected chi connectivity index (χ4v) is 1.66. The van der Waals surface area contributed by atoms with Gasteiger partial charge in [0.25, 0.3) is 0 Å². The van der Waals surface area contributed by atoms with Crippen LogP contribution in [-0.2, 0) is 7.05 Å². The lowest BCUT2D eigenvalue weighted by atomic mass is 10.3. The van der Waals surface area contributed by atoms with E-state index in [1.165, 1.54) is 0 Å². The number of benzene rings is 1. The normalized spacial score (nSPS) is 9.89. The summed E-state index contributed by atoms with van der Waals surface area (Å²) in [5.74, 6) is 1.74. The molecule has 0 atom stereocenters. The van der Waals surface area contributed by atoms with E-state index in [0.717, 1.165) is 0 Å². The first-order valence-corrected chi connectivity index (χ1v) is 5.41. The zero-order chi connectivity index (χ0) is 13.1. The molecule has 0 aliphatic rings. The van der Waals surface area contributed by atoms with Crippen LogP contribution in [0.3, 0.4) is 0 Å². The molecule has 1 aromatic carbocycles. The van der Waals surface area contributed by atoms with Gasteiger partial charge in [-0.05, 0) is 19.1 Å². The Labute approximate surface area is 105 Å². The van der Waals surface area contributed by atoms with Crippen LogP contribution < -0.4 is 9.47 Å². The lowest BCUT2D eigenvalue weighted by Gasteiger charge is -2.07. The van der Waals surface area contributed by atoms with E-state index in [1.807, 2.05) is 12.1 Å². The van der Waals surface area contributed by atoms with Crippen molar-refractivity contribution in [3.8, 4) is 23.4 Å². The standard InChI is InChI=1S/C13H13N3O2/c1-9-12(8-14)13(16(2)15-9)18-11-6-4-5-10(7-11)17-3/h4-7H,1-3H3. The third-order valence-electron chi connectivity index (χ3n) is 2.54. The second kappa shape index (κ2) is 4.80. The number of aryl methyl sites for hydroxylation is 2. The van der Waals surface area contributed by atoms with Gasteiger partial charge < -0.3 is 9.47 Å². The summed E-state index contributed by atoms with van der Waals surface area (Å²) in [7, 11) is 3.33. The SMILES string of the molecule is COc1cccc(Oc2c(C#N)c(C)nn2C)c1. The van der Waals surface area contributed by atoms with Gasteiger partial charge in [-0.25, -0.2) is 4.68 Å². The molecule has 0 amide bonds. The smallest absolute Gasteiger partial charge is 0.235 e. The number of hydrogen-bond donors (Lipinski definition) is 0. The second-order valence-electron chi connectivity index (χ2n) is 3.78. The van der Waals surface area contributed by atoms with Gasteiger partial charge in [-0.3, -0.25) is 0 Å². The van der Waals surface area contributed by atoms with Crippen molar-refractivity contribution in [1.29, 1.82) is 5.26 Å². The highest BCUT2D eigenvalue weighted by molar-refractivity contribution is 5.45. The maximum atomic E-state index is 9.08. The summed E-state index contributed by atoms with van der Waals surface area (Å²) in [5.41, 5.74) is 1.10. The van der Waals surface area contributed by atoms with Crippen LogP contribution in [0.15, 0.2) is 24.3 Å². The van der Waals surface area contributed by atoms with Gasteiger partial charge in [-0.2, -0.15) is 10.4 Å². The second-order valence-corrected chi connectivity index (χ2v) is 3.78. The Bertz CT molecular complexity index is 611. The summed E-state index contributed by atoms with van der Waals surface area (Å²) in [4.78, 5) is 0. The lowest BCUT2D eigenvalue weighted by Crippen LogP contribution is -1.96. The molecule has 0 aliphatic heterocycles. The van der Waals surface area contributed by atoms with Crippen molar-refractivity contribution in [2.75, 3.05) is 7.11 Å². The molecule has 0 radical (unpaired) electrons. The molecule has 92 valence electrons. The minimum Gasteiger partial charge on any atom is -0.497 e. The monoisotopic (exact) mass is 243 g/mol. The molecule has 0 aliphatic carbocycles. The molecule has 0 fully saturated rings. The van der Waals surface area contributed by atoms with E-state index in [1.54, 1.807) is 37.9 Å². The van der Waals surface area contributed by atoms with E-state index >= 15 is 0 Å². The van der Waals surface area contributed by atoms with Gasteiger partial charge in [0.2, 0.25) is 5.88 Å². The first-order chi connectivity index (χ1) is 8.65. The Hall–Kier alpha value is -2.48. The number of ether oxygens (including phenoxy) is 2. The van der Waals surface area contributed by atoms with E-state index in [4.69, 9.17) is 14.7 Å². The maximum absolute atomic E-state index is 9.08. The van der Waals surface area contributed by atoms with Crippen LogP contribution in [0.1, 0.15) is 11.3 Å². The fraction of sp³-hybridized carbons (Fsp3) is 0.231. The quantitative estimate of drug-likeness (QED) is 0.830. The van der Waals surface area contributed by atoms with Crippen molar-refractivity contribution >= 4 is 0 Å². The summed E-state index contributed by atoms with van der Waals surface area (Å²) in [6, 6.07) is 9.29. The molecule has 2 rings (SSSR count). The Morgan fingerprint density at radius 2 is 2.06 bits per heavy atom. The maximum Gasteiger partial charge on any atom is 0.235 e. The van der Waals surface area contributed by atoms with E-state index in [-0.39, 0.29) is 0 Å². The highest BCUT2D eigenvalue weighted by Gasteiger charge is 2.15. The van der Waals surface area contributed by atoms with Crippen molar-refractivity contribution in [2.24, 2.45) is 7.05 Å². The summed E-state index contributed by atoms with van der Waals surface area (Å²) in [6.07, 6.45) is 0. The Morgan fingerprint density at radius 1 is 1.33 bits per heavy atom. The molecule has 0 bridgehead atoms. The van der Waals surface area contributed by atoms with Gasteiger partial charge in [0.1, 0.15) is 23.1 Å². The number of methoxy groups -OCH3 is 1. The van der Waals surface area contributed by atoms with Gasteiger partial charge in [0.15, 0.2) is 0 Å². The third-order valence-corrected chi connectivity index (χ3v) is 2.54. The first kappa shape index (κ1) is 12.0. The van der Waals surface area contributed by atoms with Crippen LogP contribution in [0.5, 0.6) is 17.4 Å². The van der Waals surface area contributed by atoms with Crippen LogP contribution in [0.2, 0.25) is 0 Å². The number of hydrogen-bond acceptors (Lipinski definition) is 4. The minimum atomic E-state index is 0.434. The molecule has 2 aromatic rings. The number of nitriles is 1. The van der Waals surface area contributed by atoms with Crippen LogP contribution in [0, 0.1) is 18.3 Å².